The van der Waals surface area contributed by atoms with Crippen molar-refractivity contribution in [2.75, 3.05) is 0 Å². The highest BCUT2D eigenvalue weighted by Crippen LogP contribution is 2.18. The van der Waals surface area contributed by atoms with E-state index in [2.05, 4.69) is 10.5 Å². The molecule has 5 heteroatoms. The Morgan fingerprint density at radius 2 is 1.96 bits per heavy atom. The molecule has 0 aliphatic heterocycles. The van der Waals surface area contributed by atoms with Crippen LogP contribution in [0, 0.1) is 0 Å². The van der Waals surface area contributed by atoms with Gasteiger partial charge in [-0.05, 0) is 43.7 Å². The molecule has 0 spiro atoms. The fraction of sp³-hybridized carbons (Fsp3) is 0.200. The summed E-state index contributed by atoms with van der Waals surface area (Å²) in [5.41, 5.74) is 5.01. The summed E-state index contributed by atoms with van der Waals surface area (Å²) in [5.74, 6) is 0.531. The lowest BCUT2D eigenvalue weighted by Gasteiger charge is -2.09. The van der Waals surface area contributed by atoms with Crippen LogP contribution in [0.15, 0.2) is 59.7 Å². The van der Waals surface area contributed by atoms with Gasteiger partial charge in [-0.15, -0.1) is 0 Å². The van der Waals surface area contributed by atoms with Gasteiger partial charge in [-0.2, -0.15) is 5.10 Å². The lowest BCUT2D eigenvalue weighted by molar-refractivity contribution is 0.0947. The van der Waals surface area contributed by atoms with E-state index in [-0.39, 0.29) is 12.0 Å². The van der Waals surface area contributed by atoms with Crippen molar-refractivity contribution < 1.29 is 9.53 Å². The molecule has 3 aromatic rings. The average molecular weight is 335 g/mol. The summed E-state index contributed by atoms with van der Waals surface area (Å²) < 4.78 is 7.51. The molecule has 0 saturated heterocycles. The summed E-state index contributed by atoms with van der Waals surface area (Å²) in [6.45, 7) is 3.95. The highest BCUT2D eigenvalue weighted by Gasteiger charge is 2.12. The lowest BCUT2D eigenvalue weighted by Crippen LogP contribution is -2.20. The molecule has 0 aliphatic rings. The quantitative estimate of drug-likeness (QED) is 0.570. The molecule has 2 aromatic carbocycles. The second-order valence-corrected chi connectivity index (χ2v) is 6.09. The molecular formula is C20H21N3O2. The number of carbonyl (C=O) groups is 1. The number of para-hydroxylation sites is 1. The first-order valence-electron chi connectivity index (χ1n) is 8.19. The second-order valence-electron chi connectivity index (χ2n) is 6.09. The van der Waals surface area contributed by atoms with E-state index < -0.39 is 0 Å². The van der Waals surface area contributed by atoms with Gasteiger partial charge in [-0.25, -0.2) is 5.43 Å². The Morgan fingerprint density at radius 1 is 1.16 bits per heavy atom. The van der Waals surface area contributed by atoms with Crippen molar-refractivity contribution in [1.82, 2.24) is 9.99 Å². The van der Waals surface area contributed by atoms with Crippen LogP contribution in [0.4, 0.5) is 0 Å². The molecule has 1 N–H and O–H groups in total. The van der Waals surface area contributed by atoms with Crippen molar-refractivity contribution in [2.24, 2.45) is 12.1 Å². The molecule has 3 rings (SSSR count). The number of aromatic nitrogens is 1. The van der Waals surface area contributed by atoms with Crippen LogP contribution in [0.5, 0.6) is 5.75 Å². The Hall–Kier alpha value is -3.08. The highest BCUT2D eigenvalue weighted by molar-refractivity contribution is 5.99. The molecule has 0 fully saturated rings. The molecule has 0 saturated carbocycles. The Balaban J connectivity index is 1.71. The molecule has 0 atom stereocenters. The number of carbonyl (C=O) groups excluding carboxylic acids is 1. The van der Waals surface area contributed by atoms with Crippen molar-refractivity contribution in [1.29, 1.82) is 0 Å². The third-order valence-electron chi connectivity index (χ3n) is 3.79. The zero-order valence-electron chi connectivity index (χ0n) is 14.6. The average Bonchev–Trinajstić information content (AvgIpc) is 2.92. The van der Waals surface area contributed by atoms with Crippen LogP contribution in [0.25, 0.3) is 10.9 Å². The summed E-state index contributed by atoms with van der Waals surface area (Å²) in [7, 11) is 1.87. The van der Waals surface area contributed by atoms with Crippen molar-refractivity contribution in [3.05, 3.63) is 65.9 Å². The van der Waals surface area contributed by atoms with Gasteiger partial charge in [-0.3, -0.25) is 4.79 Å². The number of rotatable bonds is 5. The van der Waals surface area contributed by atoms with Crippen LogP contribution in [0.1, 0.15) is 29.9 Å². The minimum Gasteiger partial charge on any atom is -0.491 e. The van der Waals surface area contributed by atoms with Crippen molar-refractivity contribution in [3.8, 4) is 5.75 Å². The zero-order valence-corrected chi connectivity index (χ0v) is 14.6. The van der Waals surface area contributed by atoms with E-state index in [0.717, 1.165) is 22.2 Å². The summed E-state index contributed by atoms with van der Waals surface area (Å²) in [4.78, 5) is 12.4. The third-order valence-corrected chi connectivity index (χ3v) is 3.79. The van der Waals surface area contributed by atoms with Gasteiger partial charge in [0.2, 0.25) is 0 Å². The lowest BCUT2D eigenvalue weighted by atomic mass is 10.2. The number of hydrogen-bond acceptors (Lipinski definition) is 3. The molecular weight excluding hydrogens is 314 g/mol. The molecule has 0 aliphatic carbocycles. The largest absolute Gasteiger partial charge is 0.491 e. The van der Waals surface area contributed by atoms with Gasteiger partial charge in [0.15, 0.2) is 0 Å². The predicted molar refractivity (Wildman–Crippen MR) is 100 cm³/mol. The predicted octanol–water partition coefficient (Wildman–Crippen LogP) is 3.73. The van der Waals surface area contributed by atoms with Crippen molar-refractivity contribution in [3.63, 3.8) is 0 Å². The molecule has 0 unspecified atom stereocenters. The van der Waals surface area contributed by atoms with E-state index in [1.165, 1.54) is 0 Å². The summed E-state index contributed by atoms with van der Waals surface area (Å²) in [6.07, 6.45) is 1.71. The number of amides is 1. The van der Waals surface area contributed by atoms with E-state index in [0.29, 0.717) is 5.69 Å². The molecule has 5 nitrogen and oxygen atoms in total. The number of hydrazone groups is 1. The van der Waals surface area contributed by atoms with E-state index >= 15 is 0 Å². The van der Waals surface area contributed by atoms with E-state index in [9.17, 15) is 4.79 Å². The second kappa shape index (κ2) is 7.21. The maximum absolute atomic E-state index is 12.4. The van der Waals surface area contributed by atoms with Crippen LogP contribution >= 0.6 is 0 Å². The molecule has 0 bridgehead atoms. The maximum atomic E-state index is 12.4. The SMILES string of the molecule is CC(C)Oc1cccc(/C=N/NC(=O)c2cc3ccccc3n2C)c1. The first-order valence-corrected chi connectivity index (χ1v) is 8.19. The fourth-order valence-corrected chi connectivity index (χ4v) is 2.67. The van der Waals surface area contributed by atoms with Gasteiger partial charge in [0.05, 0.1) is 12.3 Å². The van der Waals surface area contributed by atoms with E-state index in [1.54, 1.807) is 6.21 Å². The van der Waals surface area contributed by atoms with Crippen molar-refractivity contribution >= 4 is 23.0 Å². The molecule has 1 amide bonds. The van der Waals surface area contributed by atoms with Crippen LogP contribution in [0.3, 0.4) is 0 Å². The summed E-state index contributed by atoms with van der Waals surface area (Å²) >= 11 is 0. The Bertz CT molecular complexity index is 926. The molecule has 25 heavy (non-hydrogen) atoms. The first kappa shape index (κ1) is 16.8. The topological polar surface area (TPSA) is 55.6 Å². The number of nitrogens with zero attached hydrogens (tertiary/aromatic N) is 2. The monoisotopic (exact) mass is 335 g/mol. The normalized spacial score (nSPS) is 11.4. The number of benzene rings is 2. The fourth-order valence-electron chi connectivity index (χ4n) is 2.67. The zero-order chi connectivity index (χ0) is 17.8. The molecule has 0 radical (unpaired) electrons. The standard InChI is InChI=1S/C20H21N3O2/c1-14(2)25-17-9-6-7-15(11-17)13-21-22-20(24)19-12-16-8-4-5-10-18(16)23(19)3/h4-14H,1-3H3,(H,22,24)/b21-13+. The van der Waals surface area contributed by atoms with Gasteiger partial charge >= 0.3 is 0 Å². The molecule has 1 heterocycles. The van der Waals surface area contributed by atoms with Crippen molar-refractivity contribution in [2.45, 2.75) is 20.0 Å². The number of aryl methyl sites for hydroxylation is 1. The van der Waals surface area contributed by atoms with Gasteiger partial charge < -0.3 is 9.30 Å². The number of nitrogens with one attached hydrogen (secondary N) is 1. The van der Waals surface area contributed by atoms with E-state index in [1.807, 2.05) is 80.1 Å². The van der Waals surface area contributed by atoms with Crippen LogP contribution in [-0.4, -0.2) is 22.8 Å². The Kier molecular flexibility index (Phi) is 4.84. The summed E-state index contributed by atoms with van der Waals surface area (Å²) in [6, 6.07) is 17.3. The minimum absolute atomic E-state index is 0.110. The van der Waals surface area contributed by atoms with Gasteiger partial charge in [0, 0.05) is 18.0 Å². The minimum atomic E-state index is -0.246. The third kappa shape index (κ3) is 3.88. The first-order chi connectivity index (χ1) is 12.0. The van der Waals surface area contributed by atoms with Gasteiger partial charge in [0.1, 0.15) is 11.4 Å². The smallest absolute Gasteiger partial charge is 0.287 e. The molecule has 128 valence electrons. The molecule has 1 aromatic heterocycles. The number of hydrogen-bond donors (Lipinski definition) is 1. The van der Waals surface area contributed by atoms with E-state index in [4.69, 9.17) is 4.74 Å². The van der Waals surface area contributed by atoms with Gasteiger partial charge in [0.25, 0.3) is 5.91 Å². The number of fused-ring (bicyclic) bond motifs is 1. The number of ether oxygens (including phenoxy) is 1. The van der Waals surface area contributed by atoms with Crippen LogP contribution in [0.2, 0.25) is 0 Å². The van der Waals surface area contributed by atoms with Gasteiger partial charge in [-0.1, -0.05) is 30.3 Å². The summed E-state index contributed by atoms with van der Waals surface area (Å²) in [5, 5.41) is 5.08. The highest BCUT2D eigenvalue weighted by atomic mass is 16.5. The van der Waals surface area contributed by atoms with Crippen LogP contribution < -0.4 is 10.2 Å². The van der Waals surface area contributed by atoms with Crippen LogP contribution in [-0.2, 0) is 7.05 Å². The Morgan fingerprint density at radius 3 is 2.72 bits per heavy atom. The Labute approximate surface area is 146 Å². The maximum Gasteiger partial charge on any atom is 0.287 e.